The molecule has 0 aliphatic carbocycles. The number of rotatable bonds is 6. The standard InChI is InChI=1S/C18H21ClN4O4S2/c19-14-6-4-13(5-7-14)18(25)22-10-2-11-23(17(22)16(24)21-9-8-20)29(26,27)15-3-1-12-28-15/h1,3-7,12,17H,2,8-11,20H2,(H,21,24). The summed E-state index contributed by atoms with van der Waals surface area (Å²) in [5.74, 6) is -1.03. The van der Waals surface area contributed by atoms with E-state index in [4.69, 9.17) is 17.3 Å². The SMILES string of the molecule is NCCNC(=O)C1N(C(=O)c2ccc(Cl)cc2)CCCN1S(=O)(=O)c1cccs1. The molecule has 0 saturated carbocycles. The van der Waals surface area contributed by atoms with Crippen molar-refractivity contribution in [2.45, 2.75) is 16.8 Å². The van der Waals surface area contributed by atoms with Gasteiger partial charge in [0.2, 0.25) is 0 Å². The molecule has 8 nitrogen and oxygen atoms in total. The molecule has 3 N–H and O–H groups in total. The maximum absolute atomic E-state index is 13.2. The third-order valence-electron chi connectivity index (χ3n) is 4.43. The lowest BCUT2D eigenvalue weighted by molar-refractivity contribution is -0.130. The summed E-state index contributed by atoms with van der Waals surface area (Å²) in [6, 6.07) is 9.35. The van der Waals surface area contributed by atoms with Gasteiger partial charge in [-0.3, -0.25) is 9.59 Å². The van der Waals surface area contributed by atoms with Gasteiger partial charge in [0.15, 0.2) is 6.17 Å². The van der Waals surface area contributed by atoms with Crippen LogP contribution in [0, 0.1) is 0 Å². The number of nitrogens with two attached hydrogens (primary N) is 1. The lowest BCUT2D eigenvalue weighted by atomic mass is 10.1. The van der Waals surface area contributed by atoms with Crippen molar-refractivity contribution in [2.75, 3.05) is 26.2 Å². The Morgan fingerprint density at radius 3 is 2.55 bits per heavy atom. The third-order valence-corrected chi connectivity index (χ3v) is 7.91. The van der Waals surface area contributed by atoms with Crippen LogP contribution in [-0.2, 0) is 14.8 Å². The van der Waals surface area contributed by atoms with Crippen LogP contribution in [0.2, 0.25) is 5.02 Å². The van der Waals surface area contributed by atoms with E-state index in [1.165, 1.54) is 11.0 Å². The first-order valence-corrected chi connectivity index (χ1v) is 11.7. The first-order chi connectivity index (χ1) is 13.9. The molecule has 2 aromatic rings. The molecule has 1 atom stereocenters. The van der Waals surface area contributed by atoms with Gasteiger partial charge in [-0.2, -0.15) is 4.31 Å². The topological polar surface area (TPSA) is 113 Å². The van der Waals surface area contributed by atoms with E-state index in [1.54, 1.807) is 35.7 Å². The smallest absolute Gasteiger partial charge is 0.259 e. The van der Waals surface area contributed by atoms with Gasteiger partial charge >= 0.3 is 0 Å². The molecule has 11 heteroatoms. The number of amides is 2. The summed E-state index contributed by atoms with van der Waals surface area (Å²) in [6.07, 6.45) is -0.893. The number of carbonyl (C=O) groups is 2. The highest BCUT2D eigenvalue weighted by atomic mass is 35.5. The second-order valence-electron chi connectivity index (χ2n) is 6.36. The van der Waals surface area contributed by atoms with Gasteiger partial charge in [0.05, 0.1) is 0 Å². The summed E-state index contributed by atoms with van der Waals surface area (Å²) < 4.78 is 27.5. The molecule has 156 valence electrons. The molecule has 1 unspecified atom stereocenters. The summed E-state index contributed by atoms with van der Waals surface area (Å²) >= 11 is 6.95. The molecular formula is C18H21ClN4O4S2. The molecule has 1 aromatic carbocycles. The van der Waals surface area contributed by atoms with Crippen LogP contribution in [0.1, 0.15) is 16.8 Å². The fourth-order valence-electron chi connectivity index (χ4n) is 3.10. The molecule has 1 fully saturated rings. The first-order valence-electron chi connectivity index (χ1n) is 8.96. The number of nitrogens with zero attached hydrogens (tertiary/aromatic N) is 2. The number of hydrogen-bond acceptors (Lipinski definition) is 6. The number of carbonyl (C=O) groups excluding carboxylic acids is 2. The molecule has 0 radical (unpaired) electrons. The maximum atomic E-state index is 13.2. The van der Waals surface area contributed by atoms with Crippen molar-refractivity contribution in [1.82, 2.24) is 14.5 Å². The summed E-state index contributed by atoms with van der Waals surface area (Å²) in [4.78, 5) is 27.3. The Kier molecular flexibility index (Phi) is 6.91. The van der Waals surface area contributed by atoms with Crippen molar-refractivity contribution in [3.05, 3.63) is 52.4 Å². The Morgan fingerprint density at radius 1 is 1.21 bits per heavy atom. The van der Waals surface area contributed by atoms with Gasteiger partial charge in [0.25, 0.3) is 21.8 Å². The molecule has 1 aliphatic rings. The minimum atomic E-state index is -3.95. The van der Waals surface area contributed by atoms with Gasteiger partial charge in [-0.25, -0.2) is 8.42 Å². The predicted molar refractivity (Wildman–Crippen MR) is 111 cm³/mol. The van der Waals surface area contributed by atoms with E-state index < -0.39 is 28.0 Å². The fraction of sp³-hybridized carbons (Fsp3) is 0.333. The molecule has 29 heavy (non-hydrogen) atoms. The van der Waals surface area contributed by atoms with E-state index in [0.29, 0.717) is 17.0 Å². The van der Waals surface area contributed by atoms with Gasteiger partial charge < -0.3 is 16.0 Å². The van der Waals surface area contributed by atoms with Gasteiger partial charge in [-0.1, -0.05) is 17.7 Å². The van der Waals surface area contributed by atoms with E-state index >= 15 is 0 Å². The minimum absolute atomic E-state index is 0.120. The number of nitrogens with one attached hydrogen (secondary N) is 1. The van der Waals surface area contributed by atoms with Crippen molar-refractivity contribution < 1.29 is 18.0 Å². The van der Waals surface area contributed by atoms with Gasteiger partial charge in [0, 0.05) is 36.8 Å². The number of benzene rings is 1. The third kappa shape index (κ3) is 4.62. The highest BCUT2D eigenvalue weighted by molar-refractivity contribution is 7.91. The van der Waals surface area contributed by atoms with Gasteiger partial charge in [0.1, 0.15) is 4.21 Å². The molecule has 1 aliphatic heterocycles. The lowest BCUT2D eigenvalue weighted by Crippen LogP contribution is -2.63. The van der Waals surface area contributed by atoms with E-state index in [2.05, 4.69) is 5.32 Å². The van der Waals surface area contributed by atoms with E-state index in [-0.39, 0.29) is 30.4 Å². The van der Waals surface area contributed by atoms with Crippen LogP contribution >= 0.6 is 22.9 Å². The molecule has 0 bridgehead atoms. The van der Waals surface area contributed by atoms with Crippen LogP contribution in [0.3, 0.4) is 0 Å². The van der Waals surface area contributed by atoms with Crippen LogP contribution < -0.4 is 11.1 Å². The fourth-order valence-corrected chi connectivity index (χ4v) is 5.94. The van der Waals surface area contributed by atoms with E-state index in [1.807, 2.05) is 0 Å². The normalized spacial score (nSPS) is 17.9. The Hall–Kier alpha value is -1.98. The monoisotopic (exact) mass is 456 g/mol. The molecular weight excluding hydrogens is 436 g/mol. The lowest BCUT2D eigenvalue weighted by Gasteiger charge is -2.41. The number of thiophene rings is 1. The highest BCUT2D eigenvalue weighted by Crippen LogP contribution is 2.28. The van der Waals surface area contributed by atoms with Crippen LogP contribution in [0.15, 0.2) is 46.0 Å². The molecule has 2 amide bonds. The summed E-state index contributed by atoms with van der Waals surface area (Å²) in [5, 5.41) is 4.73. The molecule has 3 rings (SSSR count). The molecule has 0 spiro atoms. The maximum Gasteiger partial charge on any atom is 0.259 e. The minimum Gasteiger partial charge on any atom is -0.352 e. The van der Waals surface area contributed by atoms with Crippen molar-refractivity contribution >= 4 is 44.8 Å². The Bertz CT molecular complexity index is 964. The van der Waals surface area contributed by atoms with Crippen LogP contribution in [-0.4, -0.2) is 61.8 Å². The Labute approximate surface area is 178 Å². The summed E-state index contributed by atoms with van der Waals surface area (Å²) in [7, 11) is -3.95. The van der Waals surface area contributed by atoms with Gasteiger partial charge in [-0.05, 0) is 42.1 Å². The Balaban J connectivity index is 1.99. The highest BCUT2D eigenvalue weighted by Gasteiger charge is 2.44. The van der Waals surface area contributed by atoms with E-state index in [0.717, 1.165) is 15.6 Å². The zero-order chi connectivity index (χ0) is 21.0. The molecule has 2 heterocycles. The van der Waals surface area contributed by atoms with Crippen LogP contribution in [0.25, 0.3) is 0 Å². The quantitative estimate of drug-likeness (QED) is 0.681. The largest absolute Gasteiger partial charge is 0.352 e. The van der Waals surface area contributed by atoms with Crippen molar-refractivity contribution in [2.24, 2.45) is 5.73 Å². The summed E-state index contributed by atoms with van der Waals surface area (Å²) in [6.45, 7) is 0.746. The summed E-state index contributed by atoms with van der Waals surface area (Å²) in [5.41, 5.74) is 5.79. The van der Waals surface area contributed by atoms with Crippen LogP contribution in [0.4, 0.5) is 0 Å². The Morgan fingerprint density at radius 2 is 1.93 bits per heavy atom. The molecule has 1 saturated heterocycles. The van der Waals surface area contributed by atoms with Crippen molar-refractivity contribution in [1.29, 1.82) is 0 Å². The second kappa shape index (κ2) is 9.23. The number of hydrogen-bond donors (Lipinski definition) is 2. The van der Waals surface area contributed by atoms with Crippen molar-refractivity contribution in [3.63, 3.8) is 0 Å². The van der Waals surface area contributed by atoms with E-state index in [9.17, 15) is 18.0 Å². The average Bonchev–Trinajstić information content (AvgIpc) is 3.27. The van der Waals surface area contributed by atoms with Crippen molar-refractivity contribution in [3.8, 4) is 0 Å². The second-order valence-corrected chi connectivity index (χ2v) is 9.86. The predicted octanol–water partition coefficient (Wildman–Crippen LogP) is 1.34. The zero-order valence-electron chi connectivity index (χ0n) is 15.5. The van der Waals surface area contributed by atoms with Gasteiger partial charge in [-0.15, -0.1) is 11.3 Å². The number of halogens is 1. The molecule has 1 aromatic heterocycles. The number of sulfonamides is 1. The zero-order valence-corrected chi connectivity index (χ0v) is 17.8. The first kappa shape index (κ1) is 21.7. The average molecular weight is 457 g/mol. The van der Waals surface area contributed by atoms with Crippen LogP contribution in [0.5, 0.6) is 0 Å².